The maximum Gasteiger partial charge on any atom is 0.210 e. The molecule has 116 valence electrons. The van der Waals surface area contributed by atoms with E-state index in [1.165, 1.54) is 6.26 Å². The molecule has 5 heteroatoms. The third-order valence-corrected chi connectivity index (χ3v) is 4.64. The summed E-state index contributed by atoms with van der Waals surface area (Å²) in [5.74, 6) is -0.641. The van der Waals surface area contributed by atoms with Gasteiger partial charge in [0.05, 0.1) is 10.8 Å². The van der Waals surface area contributed by atoms with Gasteiger partial charge in [-0.1, -0.05) is 54.6 Å². The topological polar surface area (TPSA) is 63.2 Å². The van der Waals surface area contributed by atoms with Gasteiger partial charge in [0.15, 0.2) is 0 Å². The van der Waals surface area contributed by atoms with Gasteiger partial charge in [-0.3, -0.25) is 13.8 Å². The number of hydrogen-bond donors (Lipinski definition) is 1. The van der Waals surface area contributed by atoms with Crippen LogP contribution in [0.2, 0.25) is 0 Å². The van der Waals surface area contributed by atoms with Gasteiger partial charge in [-0.05, 0) is 5.56 Å². The van der Waals surface area contributed by atoms with Crippen LogP contribution >= 0.6 is 0 Å². The molecule has 0 bridgehead atoms. The van der Waals surface area contributed by atoms with Crippen molar-refractivity contribution in [2.24, 2.45) is 0 Å². The van der Waals surface area contributed by atoms with Crippen LogP contribution in [0.25, 0.3) is 0 Å². The van der Waals surface area contributed by atoms with Crippen LogP contribution in [0.1, 0.15) is 26.3 Å². The van der Waals surface area contributed by atoms with Crippen molar-refractivity contribution in [2.75, 3.05) is 6.26 Å². The third kappa shape index (κ3) is 2.87. The molecule has 0 amide bonds. The Morgan fingerprint density at radius 2 is 1.43 bits per heavy atom. The lowest BCUT2D eigenvalue weighted by atomic mass is 9.92. The molecule has 0 saturated heterocycles. The first-order valence-corrected chi connectivity index (χ1v) is 8.69. The second-order valence-corrected chi connectivity index (χ2v) is 6.52. The number of carbonyl (C=O) groups is 2. The van der Waals surface area contributed by atoms with E-state index < -0.39 is 10.8 Å². The first-order chi connectivity index (χ1) is 11.1. The quantitative estimate of drug-likeness (QED) is 0.938. The number of allylic oxidation sites excluding steroid dienone is 2. The summed E-state index contributed by atoms with van der Waals surface area (Å²) in [6.45, 7) is 0.387. The fourth-order valence-corrected chi connectivity index (χ4v) is 3.40. The SMILES string of the molecule is CS(=O)C1=C(NCc2ccccc2)C(=O)c2ccccc2C1=O. The Kier molecular flexibility index (Phi) is 4.21. The monoisotopic (exact) mass is 325 g/mol. The summed E-state index contributed by atoms with van der Waals surface area (Å²) in [5.41, 5.74) is 1.77. The van der Waals surface area contributed by atoms with Gasteiger partial charge in [-0.2, -0.15) is 0 Å². The zero-order valence-electron chi connectivity index (χ0n) is 12.5. The summed E-state index contributed by atoms with van der Waals surface area (Å²) in [7, 11) is -1.55. The predicted molar refractivity (Wildman–Crippen MR) is 89.5 cm³/mol. The van der Waals surface area contributed by atoms with Gasteiger partial charge < -0.3 is 5.32 Å². The number of nitrogens with one attached hydrogen (secondary N) is 1. The van der Waals surface area contributed by atoms with E-state index in [0.29, 0.717) is 17.7 Å². The average molecular weight is 325 g/mol. The van der Waals surface area contributed by atoms with Crippen LogP contribution in [-0.4, -0.2) is 22.0 Å². The largest absolute Gasteiger partial charge is 0.377 e. The first kappa shape index (κ1) is 15.4. The molecule has 1 unspecified atom stereocenters. The van der Waals surface area contributed by atoms with Crippen molar-refractivity contribution in [1.29, 1.82) is 0 Å². The summed E-state index contributed by atoms with van der Waals surface area (Å²) in [4.78, 5) is 25.3. The minimum Gasteiger partial charge on any atom is -0.377 e. The van der Waals surface area contributed by atoms with Gasteiger partial charge in [0, 0.05) is 23.9 Å². The zero-order valence-corrected chi connectivity index (χ0v) is 13.4. The molecule has 1 aliphatic rings. The van der Waals surface area contributed by atoms with Crippen LogP contribution in [0.4, 0.5) is 0 Å². The Morgan fingerprint density at radius 1 is 0.870 bits per heavy atom. The molecule has 0 saturated carbocycles. The molecule has 1 aliphatic carbocycles. The Balaban J connectivity index is 2.01. The Hall–Kier alpha value is -2.53. The van der Waals surface area contributed by atoms with E-state index >= 15 is 0 Å². The molecule has 0 aromatic heterocycles. The maximum atomic E-state index is 12.7. The van der Waals surface area contributed by atoms with Crippen molar-refractivity contribution < 1.29 is 13.8 Å². The van der Waals surface area contributed by atoms with E-state index in [0.717, 1.165) is 5.56 Å². The van der Waals surface area contributed by atoms with E-state index in [1.807, 2.05) is 30.3 Å². The van der Waals surface area contributed by atoms with Gasteiger partial charge in [0.2, 0.25) is 11.6 Å². The van der Waals surface area contributed by atoms with Crippen molar-refractivity contribution in [2.45, 2.75) is 6.54 Å². The van der Waals surface area contributed by atoms with Gasteiger partial charge in [-0.25, -0.2) is 0 Å². The molecule has 2 aromatic rings. The molecule has 1 atom stereocenters. The van der Waals surface area contributed by atoms with E-state index in [1.54, 1.807) is 24.3 Å². The van der Waals surface area contributed by atoms with Gasteiger partial charge in [-0.15, -0.1) is 0 Å². The second kappa shape index (κ2) is 6.30. The normalized spacial score (nSPS) is 15.3. The van der Waals surface area contributed by atoms with Crippen LogP contribution in [0, 0.1) is 0 Å². The van der Waals surface area contributed by atoms with E-state index in [-0.39, 0.29) is 22.2 Å². The lowest BCUT2D eigenvalue weighted by Gasteiger charge is -2.20. The minimum atomic E-state index is -1.55. The summed E-state index contributed by atoms with van der Waals surface area (Å²) >= 11 is 0. The summed E-state index contributed by atoms with van der Waals surface area (Å²) in [5, 5.41) is 3.01. The molecular weight excluding hydrogens is 310 g/mol. The highest BCUT2D eigenvalue weighted by Gasteiger charge is 2.33. The molecule has 0 radical (unpaired) electrons. The number of carbonyl (C=O) groups excluding carboxylic acids is 2. The summed E-state index contributed by atoms with van der Waals surface area (Å²) in [6.07, 6.45) is 1.42. The predicted octanol–water partition coefficient (Wildman–Crippen LogP) is 2.45. The number of ketones is 2. The van der Waals surface area contributed by atoms with Gasteiger partial charge in [0.1, 0.15) is 10.6 Å². The number of fused-ring (bicyclic) bond motifs is 1. The van der Waals surface area contributed by atoms with Crippen LogP contribution < -0.4 is 5.32 Å². The van der Waals surface area contributed by atoms with Crippen molar-refractivity contribution in [1.82, 2.24) is 5.32 Å². The molecule has 0 fully saturated rings. The Bertz CT molecular complexity index is 840. The number of hydrogen-bond acceptors (Lipinski definition) is 4. The molecule has 1 N–H and O–H groups in total. The van der Waals surface area contributed by atoms with Crippen molar-refractivity contribution >= 4 is 22.4 Å². The Labute approximate surface area is 136 Å². The van der Waals surface area contributed by atoms with E-state index in [9.17, 15) is 13.8 Å². The highest BCUT2D eigenvalue weighted by atomic mass is 32.2. The fourth-order valence-electron chi connectivity index (χ4n) is 2.57. The highest BCUT2D eigenvalue weighted by molar-refractivity contribution is 7.89. The first-order valence-electron chi connectivity index (χ1n) is 7.13. The summed E-state index contributed by atoms with van der Waals surface area (Å²) < 4.78 is 12.0. The van der Waals surface area contributed by atoms with Crippen molar-refractivity contribution in [3.05, 3.63) is 81.9 Å². The minimum absolute atomic E-state index is 0.0460. The molecule has 0 aliphatic heterocycles. The Morgan fingerprint density at radius 3 is 2.04 bits per heavy atom. The smallest absolute Gasteiger partial charge is 0.210 e. The van der Waals surface area contributed by atoms with Crippen molar-refractivity contribution in [3.63, 3.8) is 0 Å². The van der Waals surface area contributed by atoms with Crippen LogP contribution in [-0.2, 0) is 17.3 Å². The molecule has 0 heterocycles. The lowest BCUT2D eigenvalue weighted by molar-refractivity contribution is 0.0974. The summed E-state index contributed by atoms with van der Waals surface area (Å²) in [6, 6.07) is 16.2. The molecule has 4 nitrogen and oxygen atoms in total. The van der Waals surface area contributed by atoms with E-state index in [2.05, 4.69) is 5.32 Å². The van der Waals surface area contributed by atoms with Gasteiger partial charge >= 0.3 is 0 Å². The van der Waals surface area contributed by atoms with Crippen LogP contribution in [0.15, 0.2) is 65.2 Å². The van der Waals surface area contributed by atoms with Crippen molar-refractivity contribution in [3.8, 4) is 0 Å². The maximum absolute atomic E-state index is 12.7. The third-order valence-electron chi connectivity index (χ3n) is 3.68. The molecule has 3 rings (SSSR count). The van der Waals surface area contributed by atoms with Crippen LogP contribution in [0.5, 0.6) is 0 Å². The average Bonchev–Trinajstić information content (AvgIpc) is 2.57. The number of rotatable bonds is 4. The second-order valence-electron chi connectivity index (χ2n) is 5.20. The number of Topliss-reactive ketones (excluding diaryl/α,β-unsaturated/α-hetero) is 2. The molecular formula is C18H15NO3S. The fraction of sp³-hybridized carbons (Fsp3) is 0.111. The zero-order chi connectivity index (χ0) is 16.4. The molecule has 23 heavy (non-hydrogen) atoms. The standard InChI is InChI=1S/C18H15NO3S/c1-23(22)18-15(19-11-12-7-3-2-4-8-12)16(20)13-9-5-6-10-14(13)17(18)21/h2-10,19H,11H2,1H3. The number of benzene rings is 2. The molecule has 2 aromatic carbocycles. The highest BCUT2D eigenvalue weighted by Crippen LogP contribution is 2.26. The van der Waals surface area contributed by atoms with Crippen LogP contribution in [0.3, 0.4) is 0 Å². The van der Waals surface area contributed by atoms with E-state index in [4.69, 9.17) is 0 Å². The van der Waals surface area contributed by atoms with Gasteiger partial charge in [0.25, 0.3) is 0 Å². The molecule has 0 spiro atoms. The lowest BCUT2D eigenvalue weighted by Crippen LogP contribution is -2.31.